The van der Waals surface area contributed by atoms with Gasteiger partial charge < -0.3 is 0 Å². The van der Waals surface area contributed by atoms with E-state index in [0.717, 1.165) is 12.8 Å². The minimum Gasteiger partial charge on any atom is -0.0843 e. The minimum atomic E-state index is 0.337. The summed E-state index contributed by atoms with van der Waals surface area (Å²) in [6, 6.07) is 24.5. The molecule has 3 aromatic carbocycles. The molecule has 3 aromatic rings. The second-order valence-electron chi connectivity index (χ2n) is 10.7. The third kappa shape index (κ3) is 5.39. The van der Waals surface area contributed by atoms with E-state index < -0.39 is 0 Å². The molecule has 1 atom stereocenters. The van der Waals surface area contributed by atoms with Crippen LogP contribution in [0.4, 0.5) is 0 Å². The Morgan fingerprint density at radius 3 is 2.41 bits per heavy atom. The first kappa shape index (κ1) is 25.0. The second-order valence-corrected chi connectivity index (χ2v) is 10.7. The minimum absolute atomic E-state index is 0.337. The predicted octanol–water partition coefficient (Wildman–Crippen LogP) is 10.4. The first-order valence-corrected chi connectivity index (χ1v) is 13.7. The molecule has 0 aromatic heterocycles. The molecule has 0 fully saturated rings. The van der Waals surface area contributed by atoms with E-state index in [9.17, 15) is 0 Å². The summed E-state index contributed by atoms with van der Waals surface area (Å²) >= 11 is 0. The van der Waals surface area contributed by atoms with Gasteiger partial charge in [0.05, 0.1) is 0 Å². The molecule has 0 bridgehead atoms. The Morgan fingerprint density at radius 1 is 0.838 bits per heavy atom. The summed E-state index contributed by atoms with van der Waals surface area (Å²) in [5.74, 6) is 0.337. The zero-order chi connectivity index (χ0) is 25.8. The van der Waals surface area contributed by atoms with Crippen LogP contribution in [0.3, 0.4) is 0 Å². The van der Waals surface area contributed by atoms with Gasteiger partial charge in [0.2, 0.25) is 0 Å². The van der Waals surface area contributed by atoms with Crippen LogP contribution < -0.4 is 0 Å². The van der Waals surface area contributed by atoms with E-state index in [2.05, 4.69) is 131 Å². The van der Waals surface area contributed by atoms with Crippen LogP contribution in [-0.4, -0.2) is 0 Å². The molecule has 0 heterocycles. The Hall–Kier alpha value is -3.64. The maximum Gasteiger partial charge on any atom is 0.00730 e. The molecule has 0 saturated heterocycles. The van der Waals surface area contributed by atoms with E-state index in [-0.39, 0.29) is 0 Å². The molecule has 2 aliphatic carbocycles. The highest BCUT2D eigenvalue weighted by molar-refractivity contribution is 5.95. The molecule has 0 saturated carbocycles. The molecule has 0 N–H and O–H groups in total. The molecule has 0 nitrogen and oxygen atoms in total. The average Bonchev–Trinajstić information content (AvgIpc) is 3.09. The van der Waals surface area contributed by atoms with Crippen LogP contribution in [0.25, 0.3) is 28.3 Å². The van der Waals surface area contributed by atoms with Gasteiger partial charge in [-0.25, -0.2) is 0 Å². The smallest absolute Gasteiger partial charge is 0.00730 e. The van der Waals surface area contributed by atoms with Gasteiger partial charge in [-0.1, -0.05) is 116 Å². The van der Waals surface area contributed by atoms with Gasteiger partial charge in [0.25, 0.3) is 0 Å². The van der Waals surface area contributed by atoms with Crippen molar-refractivity contribution in [3.05, 3.63) is 136 Å². The van der Waals surface area contributed by atoms with Crippen LogP contribution in [-0.2, 0) is 6.42 Å². The topological polar surface area (TPSA) is 0 Å². The molecule has 0 heteroatoms. The lowest BCUT2D eigenvalue weighted by Gasteiger charge is -2.24. The molecule has 0 spiro atoms. The summed E-state index contributed by atoms with van der Waals surface area (Å²) in [6.07, 6.45) is 18.7. The summed E-state index contributed by atoms with van der Waals surface area (Å²) in [4.78, 5) is 0. The molecule has 0 radical (unpaired) electrons. The number of allylic oxidation sites excluding steroid dienone is 9. The Kier molecular flexibility index (Phi) is 7.56. The summed E-state index contributed by atoms with van der Waals surface area (Å²) < 4.78 is 0. The van der Waals surface area contributed by atoms with Crippen molar-refractivity contribution in [2.45, 2.75) is 53.4 Å². The van der Waals surface area contributed by atoms with Crippen molar-refractivity contribution in [1.29, 1.82) is 0 Å². The molecule has 5 rings (SSSR count). The van der Waals surface area contributed by atoms with Crippen molar-refractivity contribution in [3.8, 4) is 11.1 Å². The first-order chi connectivity index (χ1) is 18.0. The molecule has 37 heavy (non-hydrogen) atoms. The zero-order valence-electron chi connectivity index (χ0n) is 22.7. The Balaban J connectivity index is 1.68. The first-order valence-electron chi connectivity index (χ1n) is 13.7. The van der Waals surface area contributed by atoms with Crippen LogP contribution in [0.5, 0.6) is 0 Å². The maximum atomic E-state index is 2.45. The van der Waals surface area contributed by atoms with Crippen molar-refractivity contribution in [3.63, 3.8) is 0 Å². The van der Waals surface area contributed by atoms with Gasteiger partial charge in [-0.15, -0.1) is 0 Å². The van der Waals surface area contributed by atoms with E-state index in [1.807, 2.05) is 0 Å². The van der Waals surface area contributed by atoms with Crippen LogP contribution >= 0.6 is 0 Å². The quantitative estimate of drug-likeness (QED) is 0.328. The fourth-order valence-corrected chi connectivity index (χ4v) is 5.79. The lowest BCUT2D eigenvalue weighted by molar-refractivity contribution is 0.873. The van der Waals surface area contributed by atoms with Crippen LogP contribution in [0, 0.1) is 12.8 Å². The summed E-state index contributed by atoms with van der Waals surface area (Å²) in [7, 11) is 0. The highest BCUT2D eigenvalue weighted by Crippen LogP contribution is 2.45. The average molecular weight is 483 g/mol. The van der Waals surface area contributed by atoms with Gasteiger partial charge in [0.1, 0.15) is 0 Å². The molecular weight excluding hydrogens is 444 g/mol. The number of aryl methyl sites for hydroxylation is 1. The molecule has 1 unspecified atom stereocenters. The van der Waals surface area contributed by atoms with Crippen molar-refractivity contribution in [1.82, 2.24) is 0 Å². The normalized spacial score (nSPS) is 17.1. The summed E-state index contributed by atoms with van der Waals surface area (Å²) in [5.41, 5.74) is 15.1. The van der Waals surface area contributed by atoms with Crippen molar-refractivity contribution in [2.24, 2.45) is 5.92 Å². The monoisotopic (exact) mass is 482 g/mol. The molecule has 0 aliphatic heterocycles. The largest absolute Gasteiger partial charge is 0.0843 e. The van der Waals surface area contributed by atoms with Crippen molar-refractivity contribution < 1.29 is 0 Å². The van der Waals surface area contributed by atoms with E-state index in [1.165, 1.54) is 74.1 Å². The maximum absolute atomic E-state index is 2.45. The molecule has 186 valence electrons. The fourth-order valence-electron chi connectivity index (χ4n) is 5.79. The highest BCUT2D eigenvalue weighted by Gasteiger charge is 2.26. The summed E-state index contributed by atoms with van der Waals surface area (Å²) in [5, 5.41) is 0. The van der Waals surface area contributed by atoms with E-state index in [0.29, 0.717) is 5.92 Å². The van der Waals surface area contributed by atoms with Crippen LogP contribution in [0.15, 0.2) is 108 Å². The third-order valence-corrected chi connectivity index (χ3v) is 7.71. The van der Waals surface area contributed by atoms with E-state index in [4.69, 9.17) is 0 Å². The Labute approximate surface area is 223 Å². The highest BCUT2D eigenvalue weighted by atomic mass is 14.3. The Morgan fingerprint density at radius 2 is 1.59 bits per heavy atom. The van der Waals surface area contributed by atoms with Crippen molar-refractivity contribution >= 4 is 17.2 Å². The number of hydrogen-bond donors (Lipinski definition) is 0. The van der Waals surface area contributed by atoms with Gasteiger partial charge >= 0.3 is 0 Å². The van der Waals surface area contributed by atoms with E-state index in [1.54, 1.807) is 0 Å². The van der Waals surface area contributed by atoms with Crippen LogP contribution in [0.1, 0.15) is 67.9 Å². The molecule has 0 amide bonds. The fraction of sp³-hybridized carbons (Fsp3) is 0.243. The summed E-state index contributed by atoms with van der Waals surface area (Å²) in [6.45, 7) is 9.02. The van der Waals surface area contributed by atoms with Gasteiger partial charge in [-0.2, -0.15) is 0 Å². The van der Waals surface area contributed by atoms with Gasteiger partial charge in [-0.3, -0.25) is 0 Å². The van der Waals surface area contributed by atoms with E-state index >= 15 is 0 Å². The number of hydrogen-bond acceptors (Lipinski definition) is 0. The predicted molar refractivity (Wildman–Crippen MR) is 162 cm³/mol. The van der Waals surface area contributed by atoms with Crippen LogP contribution in [0.2, 0.25) is 0 Å². The molecule has 2 aliphatic rings. The lowest BCUT2D eigenvalue weighted by Crippen LogP contribution is -2.05. The number of benzene rings is 3. The zero-order valence-corrected chi connectivity index (χ0v) is 22.7. The standard InChI is InChI=1S/C37H38/c1-26(2)24-31-18-12-13-19-34(31)37-35(33-23-22-32(28(33)4)30-16-10-7-11-17-30)21-20-27(3)36(37)25-29-14-8-5-6-9-15-29/h7-8,10-24,28H,5-6,9,25H2,1-4H3. The Bertz CT molecular complexity index is 1430. The third-order valence-electron chi connectivity index (χ3n) is 7.71. The van der Waals surface area contributed by atoms with Crippen molar-refractivity contribution in [2.75, 3.05) is 0 Å². The molecular formula is C37H38. The van der Waals surface area contributed by atoms with Gasteiger partial charge in [0, 0.05) is 5.92 Å². The SMILES string of the molecule is CC(C)=Cc1ccccc1-c1c(C2=CC=C(c3ccccc3)C2C)ccc(C)c1CC1=CCCCC=C1. The lowest BCUT2D eigenvalue weighted by atomic mass is 9.80. The number of rotatable bonds is 6. The van der Waals surface area contributed by atoms with Gasteiger partial charge in [-0.05, 0) is 102 Å². The van der Waals surface area contributed by atoms with Gasteiger partial charge in [0.15, 0.2) is 0 Å². The second kappa shape index (κ2) is 11.2.